The van der Waals surface area contributed by atoms with Crippen LogP contribution < -0.4 is 0 Å². The van der Waals surface area contributed by atoms with Crippen molar-refractivity contribution in [2.24, 2.45) is 10.8 Å². The van der Waals surface area contributed by atoms with Gasteiger partial charge in [-0.2, -0.15) is 0 Å². The van der Waals surface area contributed by atoms with E-state index in [9.17, 15) is 9.90 Å². The number of carbonyl (C=O) groups excluding carboxylic acids is 1. The first-order valence-corrected chi connectivity index (χ1v) is 6.34. The van der Waals surface area contributed by atoms with E-state index in [4.69, 9.17) is 0 Å². The van der Waals surface area contributed by atoms with Gasteiger partial charge >= 0.3 is 0 Å². The van der Waals surface area contributed by atoms with Gasteiger partial charge in [0.1, 0.15) is 0 Å². The predicted octanol–water partition coefficient (Wildman–Crippen LogP) is 3.02. The van der Waals surface area contributed by atoms with Crippen LogP contribution in [0.15, 0.2) is 24.3 Å². The molecule has 0 aromatic rings. The molecule has 2 atom stereocenters. The highest BCUT2D eigenvalue weighted by atomic mass is 16.3. The van der Waals surface area contributed by atoms with Crippen molar-refractivity contribution < 1.29 is 9.90 Å². The first-order chi connectivity index (χ1) is 7.75. The van der Waals surface area contributed by atoms with Crippen molar-refractivity contribution in [2.75, 3.05) is 0 Å². The van der Waals surface area contributed by atoms with Gasteiger partial charge in [-0.1, -0.05) is 26.8 Å². The van der Waals surface area contributed by atoms with Crippen LogP contribution in [0.3, 0.4) is 0 Å². The maximum Gasteiger partial charge on any atom is 0.156 e. The molecular formula is C15H22O2. The van der Waals surface area contributed by atoms with Crippen LogP contribution in [0.2, 0.25) is 0 Å². The molecule has 0 heterocycles. The standard InChI is InChI=1S/C15H22O2/c1-5-6-7-15(17)12-8-11(16)9-14(12,4)10-13(15,2)3/h5,8,17H,1,6-7,9-10H2,2-4H3/t14-,15+/m0/s1. The molecule has 0 aromatic heterocycles. The fraction of sp³-hybridized carbons (Fsp3) is 0.667. The van der Waals surface area contributed by atoms with Crippen molar-refractivity contribution in [1.82, 2.24) is 0 Å². The van der Waals surface area contributed by atoms with E-state index in [0.717, 1.165) is 18.4 Å². The van der Waals surface area contributed by atoms with Crippen molar-refractivity contribution >= 4 is 5.78 Å². The van der Waals surface area contributed by atoms with Gasteiger partial charge in [0.2, 0.25) is 0 Å². The van der Waals surface area contributed by atoms with E-state index >= 15 is 0 Å². The van der Waals surface area contributed by atoms with Gasteiger partial charge in [0, 0.05) is 6.42 Å². The normalized spacial score (nSPS) is 39.1. The molecule has 17 heavy (non-hydrogen) atoms. The molecule has 0 amide bonds. The maximum atomic E-state index is 11.6. The molecule has 0 radical (unpaired) electrons. The number of hydrogen-bond acceptors (Lipinski definition) is 2. The number of allylic oxidation sites excluding steroid dienone is 2. The Labute approximate surface area is 103 Å². The van der Waals surface area contributed by atoms with Gasteiger partial charge in [-0.05, 0) is 41.7 Å². The Morgan fingerprint density at radius 1 is 1.47 bits per heavy atom. The fourth-order valence-corrected chi connectivity index (χ4v) is 3.91. The Morgan fingerprint density at radius 2 is 2.12 bits per heavy atom. The zero-order chi connectivity index (χ0) is 12.9. The minimum atomic E-state index is -0.845. The lowest BCUT2D eigenvalue weighted by molar-refractivity contribution is -0.115. The molecule has 2 nitrogen and oxygen atoms in total. The third kappa shape index (κ3) is 1.61. The van der Waals surface area contributed by atoms with E-state index in [1.54, 1.807) is 6.08 Å². The lowest BCUT2D eigenvalue weighted by atomic mass is 9.73. The molecule has 2 rings (SSSR count). The third-order valence-corrected chi connectivity index (χ3v) is 4.63. The highest BCUT2D eigenvalue weighted by molar-refractivity contribution is 5.95. The van der Waals surface area contributed by atoms with E-state index in [-0.39, 0.29) is 16.6 Å². The number of hydrogen-bond donors (Lipinski definition) is 1. The summed E-state index contributed by atoms with van der Waals surface area (Å²) in [5.74, 6) is 0.162. The molecule has 1 fully saturated rings. The summed E-state index contributed by atoms with van der Waals surface area (Å²) in [6, 6.07) is 0. The largest absolute Gasteiger partial charge is 0.385 e. The summed E-state index contributed by atoms with van der Waals surface area (Å²) in [4.78, 5) is 11.6. The molecule has 2 heteroatoms. The first kappa shape index (κ1) is 12.6. The van der Waals surface area contributed by atoms with Crippen molar-refractivity contribution in [3.05, 3.63) is 24.3 Å². The van der Waals surface area contributed by atoms with Crippen LogP contribution in [-0.2, 0) is 4.79 Å². The monoisotopic (exact) mass is 234 g/mol. The van der Waals surface area contributed by atoms with Gasteiger partial charge in [-0.15, -0.1) is 6.58 Å². The lowest BCUT2D eigenvalue weighted by Gasteiger charge is -2.37. The van der Waals surface area contributed by atoms with Gasteiger partial charge in [-0.3, -0.25) is 4.79 Å². The Morgan fingerprint density at radius 3 is 2.71 bits per heavy atom. The number of aliphatic hydroxyl groups is 1. The quantitative estimate of drug-likeness (QED) is 0.762. The molecule has 0 aromatic carbocycles. The Bertz CT molecular complexity index is 405. The summed E-state index contributed by atoms with van der Waals surface area (Å²) >= 11 is 0. The average molecular weight is 234 g/mol. The first-order valence-electron chi connectivity index (χ1n) is 6.34. The van der Waals surface area contributed by atoms with E-state index < -0.39 is 5.60 Å². The van der Waals surface area contributed by atoms with E-state index in [2.05, 4.69) is 27.4 Å². The molecule has 0 bridgehead atoms. The third-order valence-electron chi connectivity index (χ3n) is 4.63. The Hall–Kier alpha value is -0.890. The minimum absolute atomic E-state index is 0.128. The SMILES string of the molecule is C=CCC[C@@]1(O)C2=CC(=O)C[C@@]2(C)CC1(C)C. The van der Waals surface area contributed by atoms with E-state index in [1.807, 2.05) is 6.08 Å². The molecule has 0 saturated heterocycles. The predicted molar refractivity (Wildman–Crippen MR) is 68.6 cm³/mol. The van der Waals surface area contributed by atoms with Gasteiger partial charge in [0.05, 0.1) is 5.60 Å². The van der Waals surface area contributed by atoms with Crippen LogP contribution in [0.1, 0.15) is 46.5 Å². The second-order valence-electron chi connectivity index (χ2n) is 6.51. The zero-order valence-electron chi connectivity index (χ0n) is 11.0. The zero-order valence-corrected chi connectivity index (χ0v) is 11.0. The van der Waals surface area contributed by atoms with Gasteiger partial charge in [0.25, 0.3) is 0 Å². The Kier molecular flexibility index (Phi) is 2.62. The lowest BCUT2D eigenvalue weighted by Crippen LogP contribution is -2.41. The van der Waals surface area contributed by atoms with E-state index in [0.29, 0.717) is 12.8 Å². The second kappa shape index (κ2) is 3.55. The van der Waals surface area contributed by atoms with Crippen LogP contribution in [0.25, 0.3) is 0 Å². The minimum Gasteiger partial charge on any atom is -0.385 e. The molecule has 2 aliphatic carbocycles. The molecule has 0 unspecified atom stereocenters. The summed E-state index contributed by atoms with van der Waals surface area (Å²) < 4.78 is 0. The van der Waals surface area contributed by atoms with Crippen LogP contribution in [0.4, 0.5) is 0 Å². The summed E-state index contributed by atoms with van der Waals surface area (Å²) in [5.41, 5.74) is -0.183. The number of ketones is 1. The molecule has 2 aliphatic rings. The smallest absolute Gasteiger partial charge is 0.156 e. The topological polar surface area (TPSA) is 37.3 Å². The number of carbonyl (C=O) groups is 1. The summed E-state index contributed by atoms with van der Waals surface area (Å²) in [5, 5.41) is 11.0. The van der Waals surface area contributed by atoms with Gasteiger partial charge in [0.15, 0.2) is 5.78 Å². The summed E-state index contributed by atoms with van der Waals surface area (Å²) in [6.07, 6.45) is 6.41. The molecule has 1 N–H and O–H groups in total. The van der Waals surface area contributed by atoms with Crippen LogP contribution >= 0.6 is 0 Å². The van der Waals surface area contributed by atoms with Crippen LogP contribution in [-0.4, -0.2) is 16.5 Å². The highest BCUT2D eigenvalue weighted by Crippen LogP contribution is 2.63. The average Bonchev–Trinajstić information content (AvgIpc) is 2.54. The van der Waals surface area contributed by atoms with Crippen molar-refractivity contribution in [3.63, 3.8) is 0 Å². The van der Waals surface area contributed by atoms with E-state index in [1.165, 1.54) is 0 Å². The second-order valence-corrected chi connectivity index (χ2v) is 6.51. The number of rotatable bonds is 3. The van der Waals surface area contributed by atoms with Crippen molar-refractivity contribution in [2.45, 2.75) is 52.1 Å². The molecule has 0 aliphatic heterocycles. The van der Waals surface area contributed by atoms with Crippen LogP contribution in [0, 0.1) is 10.8 Å². The summed E-state index contributed by atoms with van der Waals surface area (Å²) in [7, 11) is 0. The molecule has 94 valence electrons. The molecule has 0 spiro atoms. The van der Waals surface area contributed by atoms with Crippen molar-refractivity contribution in [3.8, 4) is 0 Å². The van der Waals surface area contributed by atoms with Crippen molar-refractivity contribution in [1.29, 1.82) is 0 Å². The van der Waals surface area contributed by atoms with Gasteiger partial charge < -0.3 is 5.11 Å². The number of fused-ring (bicyclic) bond motifs is 1. The summed E-state index contributed by atoms with van der Waals surface area (Å²) in [6.45, 7) is 10.0. The highest BCUT2D eigenvalue weighted by Gasteiger charge is 2.61. The molecular weight excluding hydrogens is 212 g/mol. The maximum absolute atomic E-state index is 11.6. The Balaban J connectivity index is 2.44. The van der Waals surface area contributed by atoms with Gasteiger partial charge in [-0.25, -0.2) is 0 Å². The fourth-order valence-electron chi connectivity index (χ4n) is 3.91. The van der Waals surface area contributed by atoms with Crippen LogP contribution in [0.5, 0.6) is 0 Å². The molecule has 1 saturated carbocycles.